The van der Waals surface area contributed by atoms with E-state index in [0.29, 0.717) is 10.6 Å². The van der Waals surface area contributed by atoms with Crippen molar-refractivity contribution in [3.05, 3.63) is 70.7 Å². The van der Waals surface area contributed by atoms with Crippen LogP contribution in [0.25, 0.3) is 0 Å². The number of halogens is 1. The van der Waals surface area contributed by atoms with E-state index in [0.717, 1.165) is 5.56 Å². The fourth-order valence-electron chi connectivity index (χ4n) is 1.94. The highest BCUT2D eigenvalue weighted by atomic mass is 35.5. The second kappa shape index (κ2) is 6.22. The van der Waals surface area contributed by atoms with E-state index >= 15 is 0 Å². The molecule has 0 aromatic heterocycles. The molecule has 0 aliphatic rings. The Morgan fingerprint density at radius 3 is 2.37 bits per heavy atom. The molecule has 0 spiro atoms. The Labute approximate surface area is 118 Å². The maximum Gasteiger partial charge on any atom is 0.164 e. The molecule has 0 fully saturated rings. The van der Waals surface area contributed by atoms with E-state index in [1.807, 2.05) is 36.4 Å². The normalized spacial score (nSPS) is 11.6. The van der Waals surface area contributed by atoms with Crippen molar-refractivity contribution in [2.75, 3.05) is 0 Å². The standard InChI is InChI=1S/C17H13ClO/c1-2-13(15-10-6-7-11-16(15)18)12-17(19)14-8-4-3-5-9-14/h1,3-11,13H,12H2/t13-/m0/s1. The fourth-order valence-corrected chi connectivity index (χ4v) is 2.21. The smallest absolute Gasteiger partial charge is 0.164 e. The van der Waals surface area contributed by atoms with Gasteiger partial charge >= 0.3 is 0 Å². The maximum atomic E-state index is 12.2. The van der Waals surface area contributed by atoms with E-state index in [9.17, 15) is 4.79 Å². The van der Waals surface area contributed by atoms with Gasteiger partial charge in [0.15, 0.2) is 5.78 Å². The lowest BCUT2D eigenvalue weighted by molar-refractivity contribution is 0.0979. The third-order valence-corrected chi connectivity index (χ3v) is 3.31. The highest BCUT2D eigenvalue weighted by Gasteiger charge is 2.17. The zero-order valence-corrected chi connectivity index (χ0v) is 11.1. The number of Topliss-reactive ketones (excluding diaryl/α,β-unsaturated/α-hetero) is 1. The van der Waals surface area contributed by atoms with Crippen LogP contribution in [0.1, 0.15) is 28.3 Å². The molecule has 2 rings (SSSR count). The number of benzene rings is 2. The predicted octanol–water partition coefficient (Wildman–Crippen LogP) is 4.33. The van der Waals surface area contributed by atoms with Gasteiger partial charge in [0.05, 0.1) is 5.92 Å². The monoisotopic (exact) mass is 268 g/mol. The minimum absolute atomic E-state index is 0.0310. The van der Waals surface area contributed by atoms with Crippen molar-refractivity contribution >= 4 is 17.4 Å². The van der Waals surface area contributed by atoms with E-state index in [4.69, 9.17) is 18.0 Å². The van der Waals surface area contributed by atoms with Crippen molar-refractivity contribution in [1.29, 1.82) is 0 Å². The van der Waals surface area contributed by atoms with Gasteiger partial charge in [-0.15, -0.1) is 6.42 Å². The van der Waals surface area contributed by atoms with Gasteiger partial charge in [0.2, 0.25) is 0 Å². The van der Waals surface area contributed by atoms with Gasteiger partial charge in [-0.05, 0) is 11.6 Å². The molecule has 2 heteroatoms. The van der Waals surface area contributed by atoms with Gasteiger partial charge in [-0.2, -0.15) is 0 Å². The van der Waals surface area contributed by atoms with Crippen LogP contribution in [0.3, 0.4) is 0 Å². The van der Waals surface area contributed by atoms with Gasteiger partial charge in [0.25, 0.3) is 0 Å². The topological polar surface area (TPSA) is 17.1 Å². The minimum Gasteiger partial charge on any atom is -0.294 e. The molecule has 1 nitrogen and oxygen atoms in total. The van der Waals surface area contributed by atoms with Crippen LogP contribution in [-0.2, 0) is 0 Å². The largest absolute Gasteiger partial charge is 0.294 e. The van der Waals surface area contributed by atoms with Crippen molar-refractivity contribution in [2.24, 2.45) is 0 Å². The van der Waals surface area contributed by atoms with Crippen LogP contribution >= 0.6 is 11.6 Å². The quantitative estimate of drug-likeness (QED) is 0.596. The van der Waals surface area contributed by atoms with Crippen molar-refractivity contribution < 1.29 is 4.79 Å². The summed E-state index contributed by atoms with van der Waals surface area (Å²) >= 11 is 6.12. The highest BCUT2D eigenvalue weighted by Crippen LogP contribution is 2.27. The number of rotatable bonds is 4. The van der Waals surface area contributed by atoms with Crippen LogP contribution in [0.15, 0.2) is 54.6 Å². The number of hydrogen-bond donors (Lipinski definition) is 0. The molecule has 1 atom stereocenters. The van der Waals surface area contributed by atoms with Crippen molar-refractivity contribution in [3.8, 4) is 12.3 Å². The van der Waals surface area contributed by atoms with Crippen molar-refractivity contribution in [1.82, 2.24) is 0 Å². The molecule has 0 radical (unpaired) electrons. The minimum atomic E-state index is -0.290. The number of carbonyl (C=O) groups is 1. The zero-order chi connectivity index (χ0) is 13.7. The Morgan fingerprint density at radius 1 is 1.11 bits per heavy atom. The number of hydrogen-bond acceptors (Lipinski definition) is 1. The molecule has 0 aliphatic carbocycles. The summed E-state index contributed by atoms with van der Waals surface area (Å²) in [5.74, 6) is 2.40. The maximum absolute atomic E-state index is 12.2. The summed E-state index contributed by atoms with van der Waals surface area (Å²) in [5.41, 5.74) is 1.51. The lowest BCUT2D eigenvalue weighted by Gasteiger charge is -2.12. The summed E-state index contributed by atoms with van der Waals surface area (Å²) in [4.78, 5) is 12.2. The molecule has 0 amide bonds. The molecular formula is C17H13ClO. The van der Waals surface area contributed by atoms with Crippen LogP contribution in [0, 0.1) is 12.3 Å². The van der Waals surface area contributed by atoms with E-state index in [2.05, 4.69) is 5.92 Å². The molecular weight excluding hydrogens is 256 g/mol. The lowest BCUT2D eigenvalue weighted by Crippen LogP contribution is -2.06. The second-order valence-corrected chi connectivity index (χ2v) is 4.64. The molecule has 94 valence electrons. The first-order valence-electron chi connectivity index (χ1n) is 6.01. The van der Waals surface area contributed by atoms with E-state index < -0.39 is 0 Å². The highest BCUT2D eigenvalue weighted by molar-refractivity contribution is 6.31. The zero-order valence-electron chi connectivity index (χ0n) is 10.3. The average molecular weight is 269 g/mol. The van der Waals surface area contributed by atoms with Crippen LogP contribution in [0.4, 0.5) is 0 Å². The Bertz CT molecular complexity index is 611. The molecule has 0 aliphatic heterocycles. The van der Waals surface area contributed by atoms with Crippen LogP contribution in [-0.4, -0.2) is 5.78 Å². The van der Waals surface area contributed by atoms with Gasteiger partial charge in [-0.3, -0.25) is 4.79 Å². The summed E-state index contributed by atoms with van der Waals surface area (Å²) in [6.45, 7) is 0. The molecule has 0 unspecified atom stereocenters. The van der Waals surface area contributed by atoms with E-state index in [1.165, 1.54) is 0 Å². The van der Waals surface area contributed by atoms with Crippen molar-refractivity contribution in [2.45, 2.75) is 12.3 Å². The summed E-state index contributed by atoms with van der Waals surface area (Å²) < 4.78 is 0. The van der Waals surface area contributed by atoms with Crippen molar-refractivity contribution in [3.63, 3.8) is 0 Å². The Kier molecular flexibility index (Phi) is 4.39. The molecule has 0 bridgehead atoms. The van der Waals surface area contributed by atoms with E-state index in [-0.39, 0.29) is 18.1 Å². The Balaban J connectivity index is 2.20. The third kappa shape index (κ3) is 3.24. The van der Waals surface area contributed by atoms with E-state index in [1.54, 1.807) is 18.2 Å². The van der Waals surface area contributed by atoms with Crippen LogP contribution in [0.5, 0.6) is 0 Å². The summed E-state index contributed by atoms with van der Waals surface area (Å²) in [7, 11) is 0. The molecule has 0 saturated heterocycles. The van der Waals surface area contributed by atoms with Gasteiger partial charge < -0.3 is 0 Å². The van der Waals surface area contributed by atoms with Gasteiger partial charge in [-0.25, -0.2) is 0 Å². The average Bonchev–Trinajstić information content (AvgIpc) is 2.46. The summed E-state index contributed by atoms with van der Waals surface area (Å²) in [6, 6.07) is 16.5. The summed E-state index contributed by atoms with van der Waals surface area (Å²) in [6.07, 6.45) is 5.81. The first kappa shape index (κ1) is 13.4. The molecule has 2 aromatic rings. The third-order valence-electron chi connectivity index (χ3n) is 2.97. The second-order valence-electron chi connectivity index (χ2n) is 4.23. The predicted molar refractivity (Wildman–Crippen MR) is 78.4 cm³/mol. The lowest BCUT2D eigenvalue weighted by atomic mass is 9.92. The first-order valence-corrected chi connectivity index (χ1v) is 6.39. The SMILES string of the molecule is C#C[C@@H](CC(=O)c1ccccc1)c1ccccc1Cl. The number of terminal acetylenes is 1. The first-order chi connectivity index (χ1) is 9.22. The number of ketones is 1. The van der Waals surface area contributed by atoms with Gasteiger partial charge in [-0.1, -0.05) is 66.1 Å². The fraction of sp³-hybridized carbons (Fsp3) is 0.118. The molecule has 2 aromatic carbocycles. The molecule has 0 heterocycles. The van der Waals surface area contributed by atoms with Gasteiger partial charge in [0, 0.05) is 17.0 Å². The Morgan fingerprint density at radius 2 is 1.74 bits per heavy atom. The van der Waals surface area contributed by atoms with Gasteiger partial charge in [0.1, 0.15) is 0 Å². The summed E-state index contributed by atoms with van der Waals surface area (Å²) in [5, 5.41) is 0.603. The molecule has 0 saturated carbocycles. The molecule has 0 N–H and O–H groups in total. The number of carbonyl (C=O) groups excluding carboxylic acids is 1. The van der Waals surface area contributed by atoms with Crippen LogP contribution in [0.2, 0.25) is 5.02 Å². The Hall–Kier alpha value is -2.04. The van der Waals surface area contributed by atoms with Crippen LogP contribution < -0.4 is 0 Å². The molecule has 19 heavy (non-hydrogen) atoms.